The Hall–Kier alpha value is -3.11. The van der Waals surface area contributed by atoms with Crippen LogP contribution in [-0.2, 0) is 17.8 Å². The van der Waals surface area contributed by atoms with Crippen LogP contribution in [-0.4, -0.2) is 37.2 Å². The maximum absolute atomic E-state index is 12.9. The fourth-order valence-corrected chi connectivity index (χ4v) is 4.72. The van der Waals surface area contributed by atoms with Gasteiger partial charge in [-0.25, -0.2) is 9.78 Å². The van der Waals surface area contributed by atoms with E-state index in [0.29, 0.717) is 11.5 Å². The minimum absolute atomic E-state index is 0.142. The molecular formula is C19H16N6O2S2. The van der Waals surface area contributed by atoms with E-state index in [1.165, 1.54) is 16.0 Å². The summed E-state index contributed by atoms with van der Waals surface area (Å²) >= 11 is 3.01. The highest BCUT2D eigenvalue weighted by Gasteiger charge is 2.26. The number of fused-ring (bicyclic) bond motifs is 1. The summed E-state index contributed by atoms with van der Waals surface area (Å²) < 4.78 is 2.31. The molecule has 5 rings (SSSR count). The smallest absolute Gasteiger partial charge is 0.310 e. The zero-order valence-electron chi connectivity index (χ0n) is 15.5. The van der Waals surface area contributed by atoms with E-state index in [0.717, 1.165) is 38.6 Å². The molecule has 0 unspecified atom stereocenters. The molecule has 1 aliphatic heterocycles. The first-order valence-corrected chi connectivity index (χ1v) is 10.8. The Balaban J connectivity index is 1.37. The number of carbonyl (C=O) groups is 1. The van der Waals surface area contributed by atoms with E-state index in [2.05, 4.69) is 21.5 Å². The number of anilines is 1. The van der Waals surface area contributed by atoms with Crippen molar-refractivity contribution in [2.75, 3.05) is 11.4 Å². The second-order valence-corrected chi connectivity index (χ2v) is 8.66. The number of hydrogen-bond donors (Lipinski definition) is 0. The van der Waals surface area contributed by atoms with Gasteiger partial charge in [0.2, 0.25) is 5.91 Å². The summed E-state index contributed by atoms with van der Waals surface area (Å²) in [4.78, 5) is 31.6. The number of thiophene rings is 1. The van der Waals surface area contributed by atoms with Crippen LogP contribution in [0.5, 0.6) is 0 Å². The molecule has 0 aliphatic carbocycles. The normalized spacial score (nSPS) is 13.1. The summed E-state index contributed by atoms with van der Waals surface area (Å²) in [7, 11) is 0. The van der Waals surface area contributed by atoms with E-state index in [1.807, 2.05) is 35.9 Å². The van der Waals surface area contributed by atoms with Crippen LogP contribution in [0, 0.1) is 6.92 Å². The van der Waals surface area contributed by atoms with Gasteiger partial charge in [-0.15, -0.1) is 22.7 Å². The number of aryl methyl sites for hydroxylation is 1. The molecule has 3 aromatic heterocycles. The largest absolute Gasteiger partial charge is 0.369 e. The standard InChI is InChI=1S/C19H16N6O2S2/c1-12-20-15(11-29-12)13-4-5-16-14(9-13)6-7-23(16)17(26)10-24-19(27)25(22-21-24)18-3-2-8-28-18/h2-5,8-9,11H,6-7,10H2,1H3. The molecule has 1 aliphatic rings. The molecule has 8 nitrogen and oxygen atoms in total. The lowest BCUT2D eigenvalue weighted by molar-refractivity contribution is -0.119. The van der Waals surface area contributed by atoms with Gasteiger partial charge in [0.05, 0.1) is 10.7 Å². The topological polar surface area (TPSA) is 85.9 Å². The van der Waals surface area contributed by atoms with Crippen molar-refractivity contribution in [1.29, 1.82) is 0 Å². The molecule has 29 heavy (non-hydrogen) atoms. The Morgan fingerprint density at radius 3 is 2.86 bits per heavy atom. The zero-order valence-corrected chi connectivity index (χ0v) is 17.1. The van der Waals surface area contributed by atoms with Gasteiger partial charge in [-0.2, -0.15) is 9.36 Å². The van der Waals surface area contributed by atoms with Gasteiger partial charge in [-0.1, -0.05) is 6.07 Å². The summed E-state index contributed by atoms with van der Waals surface area (Å²) in [6.45, 7) is 2.43. The van der Waals surface area contributed by atoms with Gasteiger partial charge in [-0.05, 0) is 59.0 Å². The maximum Gasteiger partial charge on any atom is 0.369 e. The molecule has 0 saturated carbocycles. The second kappa shape index (κ2) is 7.05. The third-order valence-electron chi connectivity index (χ3n) is 4.83. The van der Waals surface area contributed by atoms with Gasteiger partial charge in [-0.3, -0.25) is 4.79 Å². The molecular weight excluding hydrogens is 408 g/mol. The molecule has 0 bridgehead atoms. The van der Waals surface area contributed by atoms with Crippen molar-refractivity contribution in [2.24, 2.45) is 0 Å². The lowest BCUT2D eigenvalue weighted by Crippen LogP contribution is -2.36. The number of benzene rings is 1. The van der Waals surface area contributed by atoms with Crippen LogP contribution in [0.2, 0.25) is 0 Å². The van der Waals surface area contributed by atoms with Crippen LogP contribution in [0.3, 0.4) is 0 Å². The van der Waals surface area contributed by atoms with E-state index in [9.17, 15) is 9.59 Å². The second-order valence-electron chi connectivity index (χ2n) is 6.67. The molecule has 10 heteroatoms. The molecule has 1 amide bonds. The van der Waals surface area contributed by atoms with Crippen molar-refractivity contribution in [2.45, 2.75) is 19.9 Å². The Morgan fingerprint density at radius 2 is 2.10 bits per heavy atom. The number of amides is 1. The Bertz CT molecular complexity index is 1250. The van der Waals surface area contributed by atoms with Crippen molar-refractivity contribution in [1.82, 2.24) is 24.8 Å². The fourth-order valence-electron chi connectivity index (χ4n) is 3.43. The molecule has 1 aromatic carbocycles. The predicted octanol–water partition coefficient (Wildman–Crippen LogP) is 2.51. The summed E-state index contributed by atoms with van der Waals surface area (Å²) in [5.41, 5.74) is 3.57. The molecule has 0 saturated heterocycles. The third kappa shape index (κ3) is 3.19. The van der Waals surface area contributed by atoms with Crippen LogP contribution >= 0.6 is 22.7 Å². The number of carbonyl (C=O) groups excluding carboxylic acids is 1. The molecule has 4 heterocycles. The number of hydrogen-bond acceptors (Lipinski definition) is 7. The highest BCUT2D eigenvalue weighted by Crippen LogP contribution is 2.32. The minimum atomic E-state index is -0.422. The van der Waals surface area contributed by atoms with E-state index in [-0.39, 0.29) is 12.5 Å². The Kier molecular flexibility index (Phi) is 4.36. The number of thiazole rings is 1. The molecule has 0 N–H and O–H groups in total. The average molecular weight is 425 g/mol. The molecule has 0 atom stereocenters. The van der Waals surface area contributed by atoms with Crippen molar-refractivity contribution in [3.8, 4) is 16.3 Å². The van der Waals surface area contributed by atoms with E-state index < -0.39 is 5.69 Å². The van der Waals surface area contributed by atoms with Crippen LogP contribution in [0.15, 0.2) is 45.9 Å². The molecule has 0 radical (unpaired) electrons. The van der Waals surface area contributed by atoms with Crippen LogP contribution in [0.1, 0.15) is 10.6 Å². The van der Waals surface area contributed by atoms with Crippen molar-refractivity contribution in [3.05, 3.63) is 62.1 Å². The first-order chi connectivity index (χ1) is 14.1. The van der Waals surface area contributed by atoms with Crippen LogP contribution in [0.4, 0.5) is 5.69 Å². The van der Waals surface area contributed by atoms with Gasteiger partial charge in [0.15, 0.2) is 0 Å². The summed E-state index contributed by atoms with van der Waals surface area (Å²) in [5, 5.41) is 13.3. The molecule has 146 valence electrons. The SMILES string of the molecule is Cc1nc(-c2ccc3c(c2)CCN3C(=O)Cn2nnn(-c3cccs3)c2=O)cs1. The lowest BCUT2D eigenvalue weighted by Gasteiger charge is -2.17. The van der Waals surface area contributed by atoms with Gasteiger partial charge in [0, 0.05) is 23.2 Å². The predicted molar refractivity (Wildman–Crippen MR) is 112 cm³/mol. The minimum Gasteiger partial charge on any atom is -0.310 e. The fraction of sp³-hybridized carbons (Fsp3) is 0.211. The molecule has 0 fully saturated rings. The lowest BCUT2D eigenvalue weighted by atomic mass is 10.1. The first kappa shape index (κ1) is 18.0. The van der Waals surface area contributed by atoms with Gasteiger partial charge >= 0.3 is 5.69 Å². The molecule has 0 spiro atoms. The number of tetrazole rings is 1. The maximum atomic E-state index is 12.9. The van der Waals surface area contributed by atoms with E-state index in [1.54, 1.807) is 22.3 Å². The van der Waals surface area contributed by atoms with Gasteiger partial charge < -0.3 is 4.90 Å². The van der Waals surface area contributed by atoms with E-state index >= 15 is 0 Å². The number of rotatable bonds is 4. The Morgan fingerprint density at radius 1 is 1.21 bits per heavy atom. The van der Waals surface area contributed by atoms with E-state index in [4.69, 9.17) is 0 Å². The quantitative estimate of drug-likeness (QED) is 0.502. The van der Waals surface area contributed by atoms with Crippen LogP contribution < -0.4 is 10.6 Å². The van der Waals surface area contributed by atoms with Gasteiger partial charge in [0.25, 0.3) is 0 Å². The summed E-state index contributed by atoms with van der Waals surface area (Å²) in [5.74, 6) is -0.179. The highest BCUT2D eigenvalue weighted by atomic mass is 32.1. The summed E-state index contributed by atoms with van der Waals surface area (Å²) in [6.07, 6.45) is 0.773. The van der Waals surface area contributed by atoms with Crippen molar-refractivity contribution < 1.29 is 4.79 Å². The molecule has 4 aromatic rings. The average Bonchev–Trinajstić information content (AvgIpc) is 3.49. The number of aromatic nitrogens is 5. The Labute approximate surface area is 173 Å². The highest BCUT2D eigenvalue weighted by molar-refractivity contribution is 7.12. The zero-order chi connectivity index (χ0) is 20.0. The van der Waals surface area contributed by atoms with Crippen molar-refractivity contribution >= 4 is 34.3 Å². The van der Waals surface area contributed by atoms with Gasteiger partial charge in [0.1, 0.15) is 11.5 Å². The third-order valence-corrected chi connectivity index (χ3v) is 6.45. The van der Waals surface area contributed by atoms with Crippen LogP contribution in [0.25, 0.3) is 16.3 Å². The summed E-state index contributed by atoms with van der Waals surface area (Å²) in [6, 6.07) is 9.65. The monoisotopic (exact) mass is 424 g/mol. The number of nitrogens with zero attached hydrogens (tertiary/aromatic N) is 6. The van der Waals surface area contributed by atoms with Crippen molar-refractivity contribution in [3.63, 3.8) is 0 Å². The first-order valence-electron chi connectivity index (χ1n) is 9.02.